The standard InChI is InChI=1S/C15H23Br2N/c1-2-3-4-5-6-7-8-11-18-15-10-9-13(16)12-14(15)17/h9-10,12,18H,2-8,11H2,1H3. The van der Waals surface area contributed by atoms with Gasteiger partial charge in [-0.25, -0.2) is 0 Å². The van der Waals surface area contributed by atoms with E-state index in [1.165, 1.54) is 50.6 Å². The van der Waals surface area contributed by atoms with E-state index < -0.39 is 0 Å². The van der Waals surface area contributed by atoms with Gasteiger partial charge in [-0.15, -0.1) is 0 Å². The Morgan fingerprint density at radius 2 is 1.61 bits per heavy atom. The predicted octanol–water partition coefficient (Wildman–Crippen LogP) is 6.37. The van der Waals surface area contributed by atoms with Gasteiger partial charge in [0.2, 0.25) is 0 Å². The van der Waals surface area contributed by atoms with E-state index in [0.29, 0.717) is 0 Å². The number of unbranched alkanes of at least 4 members (excludes halogenated alkanes) is 6. The highest BCUT2D eigenvalue weighted by Crippen LogP contribution is 2.26. The zero-order valence-electron chi connectivity index (χ0n) is 11.1. The van der Waals surface area contributed by atoms with Gasteiger partial charge in [0.15, 0.2) is 0 Å². The summed E-state index contributed by atoms with van der Waals surface area (Å²) in [6.07, 6.45) is 9.50. The molecule has 0 spiro atoms. The molecule has 0 radical (unpaired) electrons. The van der Waals surface area contributed by atoms with Crippen LogP contribution in [0.4, 0.5) is 5.69 Å². The van der Waals surface area contributed by atoms with Crippen molar-refractivity contribution in [2.75, 3.05) is 11.9 Å². The Morgan fingerprint density at radius 1 is 0.944 bits per heavy atom. The third-order valence-electron chi connectivity index (χ3n) is 3.03. The van der Waals surface area contributed by atoms with Crippen LogP contribution < -0.4 is 5.32 Å². The number of rotatable bonds is 9. The van der Waals surface area contributed by atoms with E-state index in [4.69, 9.17) is 0 Å². The number of anilines is 1. The minimum atomic E-state index is 1.06. The van der Waals surface area contributed by atoms with Crippen LogP contribution in [0, 0.1) is 0 Å². The first-order valence-electron chi connectivity index (χ1n) is 6.93. The summed E-state index contributed by atoms with van der Waals surface area (Å²) in [5.41, 5.74) is 1.18. The molecule has 1 aromatic rings. The van der Waals surface area contributed by atoms with Crippen LogP contribution in [0.3, 0.4) is 0 Å². The predicted molar refractivity (Wildman–Crippen MR) is 88.3 cm³/mol. The lowest BCUT2D eigenvalue weighted by molar-refractivity contribution is 0.596. The minimum Gasteiger partial charge on any atom is -0.384 e. The van der Waals surface area contributed by atoms with Gasteiger partial charge in [0.05, 0.1) is 0 Å². The second-order valence-electron chi connectivity index (χ2n) is 4.67. The number of hydrogen-bond acceptors (Lipinski definition) is 1. The summed E-state index contributed by atoms with van der Waals surface area (Å²) in [5, 5.41) is 3.47. The van der Waals surface area contributed by atoms with Crippen molar-refractivity contribution in [3.63, 3.8) is 0 Å². The second-order valence-corrected chi connectivity index (χ2v) is 6.44. The molecule has 0 fully saturated rings. The molecule has 0 unspecified atom stereocenters. The first-order chi connectivity index (χ1) is 8.74. The van der Waals surface area contributed by atoms with Crippen LogP contribution in [0.2, 0.25) is 0 Å². The molecule has 18 heavy (non-hydrogen) atoms. The van der Waals surface area contributed by atoms with Gasteiger partial charge in [-0.2, -0.15) is 0 Å². The average Bonchev–Trinajstić information content (AvgIpc) is 2.35. The Balaban J connectivity index is 2.07. The maximum absolute atomic E-state index is 3.57. The normalized spacial score (nSPS) is 10.6. The maximum Gasteiger partial charge on any atom is 0.0485 e. The van der Waals surface area contributed by atoms with Gasteiger partial charge in [0.25, 0.3) is 0 Å². The number of benzene rings is 1. The first-order valence-corrected chi connectivity index (χ1v) is 8.51. The zero-order valence-corrected chi connectivity index (χ0v) is 14.3. The van der Waals surface area contributed by atoms with Gasteiger partial charge in [0, 0.05) is 21.2 Å². The largest absolute Gasteiger partial charge is 0.384 e. The maximum atomic E-state index is 3.57. The Labute approximate surface area is 128 Å². The van der Waals surface area contributed by atoms with Crippen LogP contribution in [0.1, 0.15) is 51.9 Å². The third-order valence-corrected chi connectivity index (χ3v) is 4.18. The molecule has 1 N–H and O–H groups in total. The van der Waals surface area contributed by atoms with Crippen molar-refractivity contribution in [1.82, 2.24) is 0 Å². The SMILES string of the molecule is CCCCCCCCCNc1ccc(Br)cc1Br. The second kappa shape index (κ2) is 9.85. The molecule has 3 heteroatoms. The molecular formula is C15H23Br2N. The average molecular weight is 377 g/mol. The van der Waals surface area contributed by atoms with Crippen molar-refractivity contribution in [2.24, 2.45) is 0 Å². The van der Waals surface area contributed by atoms with Crippen LogP contribution in [0.5, 0.6) is 0 Å². The summed E-state index contributed by atoms with van der Waals surface area (Å²) >= 11 is 7.03. The molecule has 102 valence electrons. The lowest BCUT2D eigenvalue weighted by Crippen LogP contribution is -2.01. The summed E-state index contributed by atoms with van der Waals surface area (Å²) in [6, 6.07) is 6.25. The smallest absolute Gasteiger partial charge is 0.0485 e. The van der Waals surface area contributed by atoms with Crippen LogP contribution >= 0.6 is 31.9 Å². The summed E-state index contributed by atoms with van der Waals surface area (Å²) < 4.78 is 2.23. The summed E-state index contributed by atoms with van der Waals surface area (Å²) in [6.45, 7) is 3.33. The Kier molecular flexibility index (Phi) is 8.78. The fourth-order valence-corrected chi connectivity index (χ4v) is 3.13. The van der Waals surface area contributed by atoms with Crippen molar-refractivity contribution >= 4 is 37.5 Å². The molecule has 0 aromatic heterocycles. The molecule has 0 saturated heterocycles. The lowest BCUT2D eigenvalue weighted by Gasteiger charge is -2.08. The molecular weight excluding hydrogens is 354 g/mol. The molecule has 0 aliphatic rings. The monoisotopic (exact) mass is 375 g/mol. The van der Waals surface area contributed by atoms with Gasteiger partial charge in [0.1, 0.15) is 0 Å². The van der Waals surface area contributed by atoms with E-state index in [1.807, 2.05) is 0 Å². The molecule has 0 amide bonds. The minimum absolute atomic E-state index is 1.06. The van der Waals surface area contributed by atoms with E-state index in [9.17, 15) is 0 Å². The van der Waals surface area contributed by atoms with E-state index in [2.05, 4.69) is 62.3 Å². The van der Waals surface area contributed by atoms with Crippen molar-refractivity contribution in [2.45, 2.75) is 51.9 Å². The number of nitrogens with one attached hydrogen (secondary N) is 1. The Morgan fingerprint density at radius 3 is 2.28 bits per heavy atom. The quantitative estimate of drug-likeness (QED) is 0.493. The molecule has 0 aliphatic carbocycles. The van der Waals surface area contributed by atoms with Crippen molar-refractivity contribution in [3.8, 4) is 0 Å². The summed E-state index contributed by atoms with van der Waals surface area (Å²) in [5.74, 6) is 0. The van der Waals surface area contributed by atoms with E-state index in [-0.39, 0.29) is 0 Å². The van der Waals surface area contributed by atoms with Gasteiger partial charge in [-0.1, -0.05) is 61.4 Å². The Hall–Kier alpha value is -0.0200. The van der Waals surface area contributed by atoms with Gasteiger partial charge in [-0.3, -0.25) is 0 Å². The van der Waals surface area contributed by atoms with E-state index >= 15 is 0 Å². The molecule has 0 bridgehead atoms. The topological polar surface area (TPSA) is 12.0 Å². The molecule has 0 atom stereocenters. The fourth-order valence-electron chi connectivity index (χ4n) is 1.94. The van der Waals surface area contributed by atoms with Gasteiger partial charge in [-0.05, 0) is 40.5 Å². The highest BCUT2D eigenvalue weighted by atomic mass is 79.9. The van der Waals surface area contributed by atoms with E-state index in [0.717, 1.165) is 15.5 Å². The molecule has 0 aliphatic heterocycles. The molecule has 1 aromatic carbocycles. The third kappa shape index (κ3) is 6.79. The summed E-state index contributed by atoms with van der Waals surface area (Å²) in [7, 11) is 0. The number of hydrogen-bond donors (Lipinski definition) is 1. The summed E-state index contributed by atoms with van der Waals surface area (Å²) in [4.78, 5) is 0. The van der Waals surface area contributed by atoms with Crippen LogP contribution in [0.15, 0.2) is 27.1 Å². The van der Waals surface area contributed by atoms with Crippen LogP contribution in [0.25, 0.3) is 0 Å². The van der Waals surface area contributed by atoms with E-state index in [1.54, 1.807) is 0 Å². The fraction of sp³-hybridized carbons (Fsp3) is 0.600. The zero-order chi connectivity index (χ0) is 13.2. The first kappa shape index (κ1) is 16.0. The van der Waals surface area contributed by atoms with Crippen LogP contribution in [-0.4, -0.2) is 6.54 Å². The molecule has 1 rings (SSSR count). The molecule has 0 heterocycles. The number of halogens is 2. The highest BCUT2D eigenvalue weighted by Gasteiger charge is 1.99. The van der Waals surface area contributed by atoms with Crippen molar-refractivity contribution in [3.05, 3.63) is 27.1 Å². The van der Waals surface area contributed by atoms with Gasteiger partial charge < -0.3 is 5.32 Å². The van der Waals surface area contributed by atoms with Crippen molar-refractivity contribution < 1.29 is 0 Å². The van der Waals surface area contributed by atoms with Crippen molar-refractivity contribution in [1.29, 1.82) is 0 Å². The van der Waals surface area contributed by atoms with Gasteiger partial charge >= 0.3 is 0 Å². The van der Waals surface area contributed by atoms with Crippen LogP contribution in [-0.2, 0) is 0 Å². The molecule has 1 nitrogen and oxygen atoms in total. The molecule has 0 saturated carbocycles. The lowest BCUT2D eigenvalue weighted by atomic mass is 10.1. The Bertz CT molecular complexity index is 339. The highest BCUT2D eigenvalue weighted by molar-refractivity contribution is 9.11.